The lowest BCUT2D eigenvalue weighted by Gasteiger charge is -2.26. The molecule has 0 aliphatic carbocycles. The van der Waals surface area contributed by atoms with E-state index in [9.17, 15) is 4.79 Å². The molecule has 1 aromatic rings. The summed E-state index contributed by atoms with van der Waals surface area (Å²) in [7, 11) is 6.77. The first-order chi connectivity index (χ1) is 18.7. The monoisotopic (exact) mass is 575 g/mol. The molecule has 0 saturated carbocycles. The predicted octanol–water partition coefficient (Wildman–Crippen LogP) is 6.31. The van der Waals surface area contributed by atoms with Crippen LogP contribution >= 0.6 is 19.8 Å². The van der Waals surface area contributed by atoms with E-state index in [1.54, 1.807) is 18.3 Å². The van der Waals surface area contributed by atoms with Gasteiger partial charge in [0.1, 0.15) is 0 Å². The van der Waals surface area contributed by atoms with Crippen molar-refractivity contribution in [2.24, 2.45) is 10.9 Å². The first-order valence-corrected chi connectivity index (χ1v) is 14.5. The van der Waals surface area contributed by atoms with Crippen LogP contribution in [-0.2, 0) is 11.2 Å². The van der Waals surface area contributed by atoms with Gasteiger partial charge in [0, 0.05) is 58.5 Å². The highest BCUT2D eigenvalue weighted by Gasteiger charge is 2.16. The minimum Gasteiger partial charge on any atom is -0.450 e. The molecule has 9 heteroatoms. The molecule has 1 aliphatic heterocycles. The van der Waals surface area contributed by atoms with Gasteiger partial charge < -0.3 is 25.2 Å². The van der Waals surface area contributed by atoms with Crippen LogP contribution in [0.2, 0.25) is 5.02 Å². The summed E-state index contributed by atoms with van der Waals surface area (Å²) in [5.74, 6) is 4.47. The van der Waals surface area contributed by atoms with Crippen molar-refractivity contribution in [1.29, 1.82) is 0 Å². The molecule has 39 heavy (non-hydrogen) atoms. The van der Waals surface area contributed by atoms with E-state index in [2.05, 4.69) is 47.6 Å². The van der Waals surface area contributed by atoms with Crippen molar-refractivity contribution in [3.05, 3.63) is 77.9 Å². The number of allylic oxidation sites excluding steroid dienone is 3. The van der Waals surface area contributed by atoms with Gasteiger partial charge in [-0.3, -0.25) is 4.99 Å². The van der Waals surface area contributed by atoms with Crippen molar-refractivity contribution in [2.45, 2.75) is 27.2 Å². The molecule has 1 heterocycles. The van der Waals surface area contributed by atoms with Gasteiger partial charge in [-0.05, 0) is 72.8 Å². The van der Waals surface area contributed by atoms with Gasteiger partial charge in [-0.2, -0.15) is 0 Å². The third kappa shape index (κ3) is 18.1. The minimum absolute atomic E-state index is 0.186. The molecule has 0 bridgehead atoms. The number of aliphatic imine (C=N–C) groups is 1. The number of nitrogens with zero attached hydrogens (tertiary/aromatic N) is 3. The first kappa shape index (κ1) is 36.1. The molecular weight excluding hydrogens is 529 g/mol. The normalized spacial score (nSPS) is 14.0. The maximum absolute atomic E-state index is 11.1. The number of hydrogen-bond acceptors (Lipinski definition) is 5. The average Bonchev–Trinajstić information content (AvgIpc) is 2.92. The molecule has 2 N–H and O–H groups in total. The number of carbonyl (C=O) groups excluding carboxylic acids is 1. The lowest BCUT2D eigenvalue weighted by molar-refractivity contribution is 0.102. The highest BCUT2D eigenvalue weighted by atomic mass is 35.5. The first-order valence-electron chi connectivity index (χ1n) is 13.1. The van der Waals surface area contributed by atoms with Crippen LogP contribution in [0.1, 0.15) is 31.9 Å². The predicted molar refractivity (Wildman–Crippen MR) is 173 cm³/mol. The molecule has 2 rings (SSSR count). The quantitative estimate of drug-likeness (QED) is 0.148. The van der Waals surface area contributed by atoms with Gasteiger partial charge in [0.25, 0.3) is 0 Å². The van der Waals surface area contributed by atoms with Crippen molar-refractivity contribution < 1.29 is 9.53 Å². The largest absolute Gasteiger partial charge is 0.450 e. The Morgan fingerprint density at radius 3 is 2.59 bits per heavy atom. The number of ether oxygens (including phenoxy) is 1. The van der Waals surface area contributed by atoms with Gasteiger partial charge in [0.15, 0.2) is 0 Å². The van der Waals surface area contributed by atoms with E-state index in [0.29, 0.717) is 12.5 Å². The maximum Gasteiger partial charge on any atom is 0.409 e. The number of halogens is 1. The number of carbonyl (C=O) groups is 1. The van der Waals surface area contributed by atoms with Crippen LogP contribution in [0, 0.1) is 5.92 Å². The smallest absolute Gasteiger partial charge is 0.409 e. The molecular formula is C30H47ClN5O2P. The Morgan fingerprint density at radius 1 is 1.36 bits per heavy atom. The Morgan fingerprint density at radius 2 is 2.05 bits per heavy atom. The highest BCUT2D eigenvalue weighted by Crippen LogP contribution is 2.25. The van der Waals surface area contributed by atoms with Crippen LogP contribution in [0.5, 0.6) is 0 Å². The zero-order valence-corrected chi connectivity index (χ0v) is 26.1. The van der Waals surface area contributed by atoms with Gasteiger partial charge in [0.05, 0.1) is 12.9 Å². The third-order valence-corrected chi connectivity index (χ3v) is 6.16. The summed E-state index contributed by atoms with van der Waals surface area (Å²) in [5.41, 5.74) is 3.32. The van der Waals surface area contributed by atoms with Crippen LogP contribution in [0.15, 0.2) is 66.7 Å². The van der Waals surface area contributed by atoms with Gasteiger partial charge >= 0.3 is 6.09 Å². The van der Waals surface area contributed by atoms with E-state index in [1.165, 1.54) is 5.56 Å². The molecule has 1 saturated heterocycles. The summed E-state index contributed by atoms with van der Waals surface area (Å²) < 4.78 is 4.84. The zero-order valence-electron chi connectivity index (χ0n) is 24.5. The molecule has 7 nitrogen and oxygen atoms in total. The van der Waals surface area contributed by atoms with E-state index in [1.807, 2.05) is 75.3 Å². The number of benzene rings is 1. The maximum atomic E-state index is 11.1. The topological polar surface area (TPSA) is 69.2 Å². The number of amides is 1. The van der Waals surface area contributed by atoms with Crippen LogP contribution < -0.4 is 10.6 Å². The molecule has 216 valence electrons. The molecule has 1 fully saturated rings. The Kier molecular flexibility index (Phi) is 21.4. The molecule has 1 amide bonds. The van der Waals surface area contributed by atoms with Crippen molar-refractivity contribution in [3.63, 3.8) is 0 Å². The lowest BCUT2D eigenvalue weighted by Crippen LogP contribution is -2.46. The van der Waals surface area contributed by atoms with E-state index < -0.39 is 0 Å². The van der Waals surface area contributed by atoms with Crippen LogP contribution in [0.25, 0.3) is 5.57 Å². The lowest BCUT2D eigenvalue weighted by atomic mass is 9.94. The molecule has 1 aliphatic rings. The second kappa shape index (κ2) is 23.1. The Hall–Kier alpha value is -2.86. The van der Waals surface area contributed by atoms with E-state index in [-0.39, 0.29) is 6.09 Å². The second-order valence-corrected chi connectivity index (χ2v) is 10.1. The number of rotatable bonds is 10. The van der Waals surface area contributed by atoms with Crippen LogP contribution in [-0.4, -0.2) is 82.0 Å². The highest BCUT2D eigenvalue weighted by molar-refractivity contribution is 7.43. The Bertz CT molecular complexity index is 970. The Balaban J connectivity index is 0.000000699. The van der Waals surface area contributed by atoms with Gasteiger partial charge in [-0.25, -0.2) is 4.79 Å². The summed E-state index contributed by atoms with van der Waals surface area (Å²) >= 11 is 6.13. The van der Waals surface area contributed by atoms with E-state index in [4.69, 9.17) is 16.3 Å². The van der Waals surface area contributed by atoms with Crippen molar-refractivity contribution >= 4 is 43.6 Å². The zero-order chi connectivity index (χ0) is 29.5. The van der Waals surface area contributed by atoms with Crippen LogP contribution in [0.3, 0.4) is 0 Å². The number of nitrogens with one attached hydrogen (secondary N) is 2. The fraction of sp³-hybridized carbons (Fsp3) is 0.433. The average molecular weight is 576 g/mol. The Labute approximate surface area is 243 Å². The third-order valence-electron chi connectivity index (χ3n) is 5.14. The molecule has 0 spiro atoms. The molecule has 0 radical (unpaired) electrons. The summed E-state index contributed by atoms with van der Waals surface area (Å²) in [6.45, 7) is 17.7. The summed E-state index contributed by atoms with van der Waals surface area (Å²) in [6, 6.07) is 5.98. The summed E-state index contributed by atoms with van der Waals surface area (Å²) in [4.78, 5) is 18.6. The molecule has 1 unspecified atom stereocenters. The molecule has 0 aromatic heterocycles. The summed E-state index contributed by atoms with van der Waals surface area (Å²) in [6.07, 6.45) is 10.2. The summed E-state index contributed by atoms with van der Waals surface area (Å²) in [5, 5.41) is 6.83. The number of piperazine rings is 1. The second-order valence-electron chi connectivity index (χ2n) is 8.77. The number of hydrogen-bond donors (Lipinski definition) is 2. The molecule has 1 atom stereocenters. The molecule has 1 aromatic carbocycles. The van der Waals surface area contributed by atoms with Crippen molar-refractivity contribution in [2.75, 3.05) is 53.9 Å². The van der Waals surface area contributed by atoms with E-state index >= 15 is 0 Å². The minimum atomic E-state index is -0.186. The fourth-order valence-electron chi connectivity index (χ4n) is 3.22. The van der Waals surface area contributed by atoms with Crippen LogP contribution in [0.4, 0.5) is 4.79 Å². The van der Waals surface area contributed by atoms with Crippen molar-refractivity contribution in [3.8, 4) is 0 Å². The van der Waals surface area contributed by atoms with Gasteiger partial charge in [0.2, 0.25) is 0 Å². The standard InChI is InChI=1S/C18H22ClN2P.C7H14N2O2.C5H11N/c1-5-14(2)10-16-6-7-17(19)11-18(16)15(3)12-22-9-8-21-13-20-4;1-2-11-7(10)9-5-3-8-4-6-9;1-4-5-6(2)3/h5-9,11-14H,1,3,10H2,2,4H3,(H,20,21);8H,2-6H2,1H3;4-5H,1-3H3/b9-8+;;5-4-. The SMILES string of the molecule is C/C=C\N(C)C.C=CC(C)Cc1ccc(Cl)cc1C(=C)C=P/C=C/NC=NC.CCOC(=O)N1CCNCC1. The van der Waals surface area contributed by atoms with Gasteiger partial charge in [-0.15, -0.1) is 6.58 Å². The van der Waals surface area contributed by atoms with E-state index in [0.717, 1.165) is 57.0 Å². The fourth-order valence-corrected chi connectivity index (χ4v) is 3.97. The van der Waals surface area contributed by atoms with Gasteiger partial charge in [-0.1, -0.05) is 51.5 Å². The van der Waals surface area contributed by atoms with Crippen molar-refractivity contribution in [1.82, 2.24) is 20.4 Å².